The van der Waals surface area contributed by atoms with Crippen molar-refractivity contribution in [3.63, 3.8) is 0 Å². The summed E-state index contributed by atoms with van der Waals surface area (Å²) in [6.07, 6.45) is 0.319. The molecule has 3 heterocycles. The molecule has 0 radical (unpaired) electrons. The van der Waals surface area contributed by atoms with E-state index in [4.69, 9.17) is 15.2 Å². The molecule has 1 aromatic carbocycles. The van der Waals surface area contributed by atoms with E-state index >= 15 is 0 Å². The van der Waals surface area contributed by atoms with Crippen LogP contribution in [0.2, 0.25) is 0 Å². The summed E-state index contributed by atoms with van der Waals surface area (Å²) in [5, 5.41) is 11.7. The van der Waals surface area contributed by atoms with E-state index in [1.54, 1.807) is 31.3 Å². The molecule has 0 saturated carbocycles. The fraction of sp³-hybridized carbons (Fsp3) is 0.300. The van der Waals surface area contributed by atoms with Crippen LogP contribution in [0.1, 0.15) is 6.42 Å². The molecule has 4 rings (SSSR count). The van der Waals surface area contributed by atoms with Gasteiger partial charge < -0.3 is 15.2 Å². The first-order valence-corrected chi connectivity index (χ1v) is 9.79. The van der Waals surface area contributed by atoms with Gasteiger partial charge in [-0.15, -0.1) is 10.2 Å². The molecule has 0 aliphatic carbocycles. The Morgan fingerprint density at radius 2 is 2.19 bits per heavy atom. The maximum atomic E-state index is 14.9. The minimum atomic E-state index is -0.640. The average Bonchev–Trinajstić information content (AvgIpc) is 3.38. The predicted octanol–water partition coefficient (Wildman–Crippen LogP) is 1.30. The molecule has 166 valence electrons. The SMILES string of the molecule is Cn1nnc(-c2ccc(-c3ccc(N4C[C@H](COC(=O)CCN)OC4=O)cc3F)cn2)n1. The second-order valence-electron chi connectivity index (χ2n) is 7.04. The number of cyclic esters (lactones) is 1. The van der Waals surface area contributed by atoms with Crippen LogP contribution in [0.15, 0.2) is 36.5 Å². The molecule has 1 aliphatic rings. The number of pyridine rings is 1. The Balaban J connectivity index is 1.45. The maximum Gasteiger partial charge on any atom is 0.414 e. The van der Waals surface area contributed by atoms with Crippen LogP contribution in [-0.2, 0) is 21.3 Å². The summed E-state index contributed by atoms with van der Waals surface area (Å²) in [7, 11) is 1.65. The van der Waals surface area contributed by atoms with Gasteiger partial charge in [-0.1, -0.05) is 6.07 Å². The fourth-order valence-corrected chi connectivity index (χ4v) is 3.17. The molecule has 0 bridgehead atoms. The number of hydrogen-bond donors (Lipinski definition) is 1. The highest BCUT2D eigenvalue weighted by Crippen LogP contribution is 2.29. The van der Waals surface area contributed by atoms with Crippen LogP contribution in [0, 0.1) is 5.82 Å². The normalized spacial score (nSPS) is 15.7. The summed E-state index contributed by atoms with van der Waals surface area (Å²) in [5.74, 6) is -0.627. The van der Waals surface area contributed by atoms with Crippen LogP contribution >= 0.6 is 0 Å². The molecule has 1 saturated heterocycles. The molecule has 2 N–H and O–H groups in total. The Bertz CT molecular complexity index is 1140. The van der Waals surface area contributed by atoms with Crippen molar-refractivity contribution in [3.05, 3.63) is 42.3 Å². The maximum absolute atomic E-state index is 14.9. The van der Waals surface area contributed by atoms with Crippen LogP contribution in [0.3, 0.4) is 0 Å². The molecule has 0 spiro atoms. The molecule has 11 nitrogen and oxygen atoms in total. The molecule has 32 heavy (non-hydrogen) atoms. The Hall–Kier alpha value is -3.93. The highest BCUT2D eigenvalue weighted by molar-refractivity contribution is 5.90. The third kappa shape index (κ3) is 4.54. The summed E-state index contributed by atoms with van der Waals surface area (Å²) < 4.78 is 25.1. The van der Waals surface area contributed by atoms with E-state index in [-0.39, 0.29) is 26.1 Å². The quantitative estimate of drug-likeness (QED) is 0.537. The number of anilines is 1. The van der Waals surface area contributed by atoms with Gasteiger partial charge in [-0.05, 0) is 29.5 Å². The Labute approximate surface area is 181 Å². The number of aryl methyl sites for hydroxylation is 1. The Kier molecular flexibility index (Phi) is 6.03. The van der Waals surface area contributed by atoms with Crippen molar-refractivity contribution in [2.75, 3.05) is 24.6 Å². The van der Waals surface area contributed by atoms with Crippen molar-refractivity contribution in [2.45, 2.75) is 12.5 Å². The number of esters is 1. The number of nitrogens with two attached hydrogens (primary N) is 1. The number of tetrazole rings is 1. The highest BCUT2D eigenvalue weighted by atomic mass is 19.1. The van der Waals surface area contributed by atoms with Crippen LogP contribution in [0.5, 0.6) is 0 Å². The molecule has 1 aliphatic heterocycles. The first kappa shape index (κ1) is 21.3. The van der Waals surface area contributed by atoms with Gasteiger partial charge in [-0.25, -0.2) is 9.18 Å². The smallest absolute Gasteiger partial charge is 0.414 e. The molecular formula is C20H20FN7O4. The molecular weight excluding hydrogens is 421 g/mol. The van der Waals surface area contributed by atoms with Crippen molar-refractivity contribution in [1.29, 1.82) is 0 Å². The van der Waals surface area contributed by atoms with E-state index in [0.717, 1.165) is 0 Å². The molecule has 3 aromatic rings. The van der Waals surface area contributed by atoms with E-state index in [1.807, 2.05) is 0 Å². The van der Waals surface area contributed by atoms with Gasteiger partial charge in [0, 0.05) is 23.9 Å². The summed E-state index contributed by atoms with van der Waals surface area (Å²) in [6.45, 7) is 0.228. The van der Waals surface area contributed by atoms with Crippen molar-refractivity contribution in [1.82, 2.24) is 25.2 Å². The van der Waals surface area contributed by atoms with Gasteiger partial charge in [-0.2, -0.15) is 4.80 Å². The van der Waals surface area contributed by atoms with E-state index in [2.05, 4.69) is 20.4 Å². The van der Waals surface area contributed by atoms with Gasteiger partial charge in [0.25, 0.3) is 0 Å². The lowest BCUT2D eigenvalue weighted by Gasteiger charge is -2.14. The molecule has 12 heteroatoms. The van der Waals surface area contributed by atoms with Gasteiger partial charge in [-0.3, -0.25) is 14.7 Å². The van der Waals surface area contributed by atoms with Gasteiger partial charge in [0.15, 0.2) is 6.10 Å². The van der Waals surface area contributed by atoms with E-state index < -0.39 is 24.0 Å². The van der Waals surface area contributed by atoms with E-state index in [1.165, 1.54) is 22.0 Å². The number of amides is 1. The zero-order valence-corrected chi connectivity index (χ0v) is 17.1. The van der Waals surface area contributed by atoms with E-state index in [9.17, 15) is 14.0 Å². The predicted molar refractivity (Wildman–Crippen MR) is 110 cm³/mol. The average molecular weight is 441 g/mol. The second kappa shape index (κ2) is 9.06. The van der Waals surface area contributed by atoms with Crippen LogP contribution in [0.4, 0.5) is 14.9 Å². The summed E-state index contributed by atoms with van der Waals surface area (Å²) in [4.78, 5) is 30.5. The topological polar surface area (TPSA) is 138 Å². The summed E-state index contributed by atoms with van der Waals surface area (Å²) in [6, 6.07) is 7.79. The number of carbonyl (C=O) groups is 2. The third-order valence-corrected chi connectivity index (χ3v) is 4.73. The number of aromatic nitrogens is 5. The summed E-state index contributed by atoms with van der Waals surface area (Å²) >= 11 is 0. The van der Waals surface area contributed by atoms with Crippen LogP contribution < -0.4 is 10.6 Å². The number of ether oxygens (including phenoxy) is 2. The van der Waals surface area contributed by atoms with Crippen LogP contribution in [0.25, 0.3) is 22.6 Å². The summed E-state index contributed by atoms with van der Waals surface area (Å²) in [5.41, 5.74) is 7.01. The van der Waals surface area contributed by atoms with E-state index in [0.29, 0.717) is 28.3 Å². The number of rotatable bonds is 7. The standard InChI is InChI=1S/C20H20FN7O4/c1-27-25-19(24-26-27)17-5-2-12(9-23-17)15-4-3-13(8-16(15)21)28-10-14(32-20(28)30)11-31-18(29)6-7-22/h2-5,8-9,14H,6-7,10-11,22H2,1H3/t14-/m1/s1. The van der Waals surface area contributed by atoms with Crippen molar-refractivity contribution >= 4 is 17.7 Å². The van der Waals surface area contributed by atoms with Crippen molar-refractivity contribution in [2.24, 2.45) is 12.8 Å². The number of benzene rings is 1. The van der Waals surface area contributed by atoms with Gasteiger partial charge in [0.05, 0.1) is 25.7 Å². The Morgan fingerprint density at radius 1 is 1.34 bits per heavy atom. The lowest BCUT2D eigenvalue weighted by atomic mass is 10.1. The zero-order chi connectivity index (χ0) is 22.7. The lowest BCUT2D eigenvalue weighted by molar-refractivity contribution is -0.145. The first-order valence-electron chi connectivity index (χ1n) is 9.79. The third-order valence-electron chi connectivity index (χ3n) is 4.73. The molecule has 0 unspecified atom stereocenters. The molecule has 1 fully saturated rings. The number of carbonyl (C=O) groups excluding carboxylic acids is 2. The minimum Gasteiger partial charge on any atom is -0.462 e. The van der Waals surface area contributed by atoms with Crippen molar-refractivity contribution < 1.29 is 23.5 Å². The fourth-order valence-electron chi connectivity index (χ4n) is 3.17. The minimum absolute atomic E-state index is 0.0830. The monoisotopic (exact) mass is 441 g/mol. The second-order valence-corrected chi connectivity index (χ2v) is 7.04. The molecule has 1 atom stereocenters. The number of nitrogens with zero attached hydrogens (tertiary/aromatic N) is 6. The number of hydrogen-bond acceptors (Lipinski definition) is 9. The van der Waals surface area contributed by atoms with Gasteiger partial charge in [0.2, 0.25) is 5.82 Å². The number of halogens is 1. The van der Waals surface area contributed by atoms with Crippen LogP contribution in [-0.4, -0.2) is 63.1 Å². The lowest BCUT2D eigenvalue weighted by Crippen LogP contribution is -2.27. The van der Waals surface area contributed by atoms with Gasteiger partial charge >= 0.3 is 12.1 Å². The highest BCUT2D eigenvalue weighted by Gasteiger charge is 2.33. The molecule has 1 amide bonds. The largest absolute Gasteiger partial charge is 0.462 e. The van der Waals surface area contributed by atoms with Crippen molar-refractivity contribution in [3.8, 4) is 22.6 Å². The molecule has 2 aromatic heterocycles. The zero-order valence-electron chi connectivity index (χ0n) is 17.1. The first-order chi connectivity index (χ1) is 15.4. The Morgan fingerprint density at radius 3 is 2.84 bits per heavy atom. The van der Waals surface area contributed by atoms with Gasteiger partial charge in [0.1, 0.15) is 18.1 Å².